The molecule has 0 bridgehead atoms. The molecule has 4 fully saturated rings. The first-order valence-corrected chi connectivity index (χ1v) is 13.3. The molecule has 0 spiro atoms. The van der Waals surface area contributed by atoms with Gasteiger partial charge in [-0.2, -0.15) is 0 Å². The highest BCUT2D eigenvalue weighted by Crippen LogP contribution is 2.56. The Labute approximate surface area is 188 Å². The Morgan fingerprint density at radius 2 is 1.65 bits per heavy atom. The summed E-state index contributed by atoms with van der Waals surface area (Å²) in [6.45, 7) is 5.35. The predicted octanol–water partition coefficient (Wildman–Crippen LogP) is 5.24. The van der Waals surface area contributed by atoms with Crippen LogP contribution in [0.2, 0.25) is 0 Å². The van der Waals surface area contributed by atoms with Crippen LogP contribution in [0.4, 0.5) is 0 Å². The molecule has 0 amide bonds. The lowest BCUT2D eigenvalue weighted by atomic mass is 9.55. The van der Waals surface area contributed by atoms with E-state index in [9.17, 15) is 9.90 Å². The maximum Gasteiger partial charge on any atom is 0.311 e. The van der Waals surface area contributed by atoms with Gasteiger partial charge >= 0.3 is 5.97 Å². The molecule has 0 aromatic rings. The second kappa shape index (κ2) is 8.82. The van der Waals surface area contributed by atoms with Gasteiger partial charge in [0, 0.05) is 36.4 Å². The third-order valence-corrected chi connectivity index (χ3v) is 10.1. The molecule has 0 aromatic carbocycles. The molecule has 31 heavy (non-hydrogen) atoms. The zero-order valence-corrected chi connectivity index (χ0v) is 19.7. The summed E-state index contributed by atoms with van der Waals surface area (Å²) >= 11 is 0. The molecular weight excluding hydrogens is 386 g/mol. The van der Waals surface area contributed by atoms with Crippen molar-refractivity contribution in [2.24, 2.45) is 23.2 Å². The minimum absolute atomic E-state index is 0.0406. The molecule has 5 rings (SSSR count). The third-order valence-electron chi connectivity index (χ3n) is 10.1. The fourth-order valence-electron chi connectivity index (χ4n) is 7.92. The Kier molecular flexibility index (Phi) is 6.24. The lowest BCUT2D eigenvalue weighted by Gasteiger charge is -2.52. The second-order valence-electron chi connectivity index (χ2n) is 11.6. The van der Waals surface area contributed by atoms with E-state index in [-0.39, 0.29) is 29.3 Å². The average molecular weight is 430 g/mol. The number of hydrogen-bond acceptors (Lipinski definition) is 4. The van der Waals surface area contributed by atoms with Gasteiger partial charge in [0.25, 0.3) is 0 Å². The van der Waals surface area contributed by atoms with E-state index in [2.05, 4.69) is 24.8 Å². The Morgan fingerprint density at radius 3 is 2.26 bits per heavy atom. The van der Waals surface area contributed by atoms with Crippen molar-refractivity contribution in [3.63, 3.8) is 0 Å². The van der Waals surface area contributed by atoms with E-state index in [0.717, 1.165) is 25.8 Å². The molecule has 0 unspecified atom stereocenters. The molecule has 4 nitrogen and oxygen atoms in total. The summed E-state index contributed by atoms with van der Waals surface area (Å²) in [6.07, 6.45) is 17.9. The number of carbonyl (C=O) groups is 1. The molecule has 6 atom stereocenters. The van der Waals surface area contributed by atoms with Crippen LogP contribution in [0.5, 0.6) is 0 Å². The van der Waals surface area contributed by atoms with Gasteiger partial charge in [-0.05, 0) is 44.4 Å². The largest absolute Gasteiger partial charge is 0.461 e. The van der Waals surface area contributed by atoms with Crippen LogP contribution in [0.1, 0.15) is 97.3 Å². The van der Waals surface area contributed by atoms with Crippen LogP contribution in [0.3, 0.4) is 0 Å². The topological polar surface area (TPSA) is 49.8 Å². The van der Waals surface area contributed by atoms with E-state index in [1.165, 1.54) is 69.8 Å². The van der Waals surface area contributed by atoms with Crippen LogP contribution < -0.4 is 0 Å². The molecule has 1 N–H and O–H groups in total. The van der Waals surface area contributed by atoms with Gasteiger partial charge in [-0.1, -0.05) is 64.0 Å². The molecule has 1 saturated heterocycles. The fourth-order valence-corrected chi connectivity index (χ4v) is 7.92. The van der Waals surface area contributed by atoms with Crippen molar-refractivity contribution in [3.05, 3.63) is 11.6 Å². The molecule has 1 heterocycles. The van der Waals surface area contributed by atoms with Gasteiger partial charge in [0.2, 0.25) is 0 Å². The molecule has 4 heteroatoms. The number of esters is 1. The first-order chi connectivity index (χ1) is 15.0. The molecule has 3 saturated carbocycles. The monoisotopic (exact) mass is 429 g/mol. The lowest BCUT2D eigenvalue weighted by Crippen LogP contribution is -2.56. The number of aliphatic hydroxyl groups excluding tert-OH is 1. The van der Waals surface area contributed by atoms with Crippen molar-refractivity contribution >= 4 is 5.97 Å². The summed E-state index contributed by atoms with van der Waals surface area (Å²) in [4.78, 5) is 15.9. The van der Waals surface area contributed by atoms with E-state index in [0.29, 0.717) is 18.0 Å². The van der Waals surface area contributed by atoms with Gasteiger partial charge in [0.1, 0.15) is 6.10 Å². The molecular formula is C27H43NO3. The zero-order valence-electron chi connectivity index (χ0n) is 19.7. The molecule has 1 aliphatic heterocycles. The van der Waals surface area contributed by atoms with Gasteiger partial charge in [0.15, 0.2) is 0 Å². The van der Waals surface area contributed by atoms with Crippen molar-refractivity contribution in [1.29, 1.82) is 0 Å². The number of ether oxygens (including phenoxy) is 1. The molecule has 174 valence electrons. The highest BCUT2D eigenvalue weighted by atomic mass is 16.6. The summed E-state index contributed by atoms with van der Waals surface area (Å²) in [7, 11) is 0. The van der Waals surface area contributed by atoms with Crippen LogP contribution in [-0.2, 0) is 9.53 Å². The van der Waals surface area contributed by atoms with Crippen molar-refractivity contribution in [1.82, 2.24) is 4.90 Å². The summed E-state index contributed by atoms with van der Waals surface area (Å²) in [5, 5.41) is 11.7. The van der Waals surface area contributed by atoms with E-state index in [4.69, 9.17) is 4.74 Å². The first-order valence-electron chi connectivity index (χ1n) is 13.3. The van der Waals surface area contributed by atoms with Crippen LogP contribution in [-0.4, -0.2) is 46.8 Å². The number of allylic oxidation sites excluding steroid dienone is 1. The van der Waals surface area contributed by atoms with E-state index >= 15 is 0 Å². The first kappa shape index (κ1) is 21.9. The zero-order chi connectivity index (χ0) is 21.6. The number of hydrogen-bond donors (Lipinski definition) is 1. The summed E-state index contributed by atoms with van der Waals surface area (Å²) in [6, 6.07) is 1.23. The summed E-state index contributed by atoms with van der Waals surface area (Å²) in [5.74, 6) is 0.190. The maximum atomic E-state index is 13.2. The van der Waals surface area contributed by atoms with Crippen molar-refractivity contribution in [2.75, 3.05) is 6.54 Å². The third kappa shape index (κ3) is 3.80. The van der Waals surface area contributed by atoms with Gasteiger partial charge < -0.3 is 9.84 Å². The smallest absolute Gasteiger partial charge is 0.311 e. The number of carbonyl (C=O) groups excluding carboxylic acids is 1. The molecule has 4 aliphatic carbocycles. The Hall–Kier alpha value is -0.870. The van der Waals surface area contributed by atoms with Gasteiger partial charge in [-0.15, -0.1) is 0 Å². The number of fused-ring (bicyclic) bond motifs is 2. The fraction of sp³-hybridized carbons (Fsp3) is 0.889. The average Bonchev–Trinajstić information content (AvgIpc) is 3.10. The normalized spacial score (nSPS) is 42.1. The minimum Gasteiger partial charge on any atom is -0.461 e. The highest BCUT2D eigenvalue weighted by molar-refractivity contribution is 5.76. The quantitative estimate of drug-likeness (QED) is 0.490. The number of aliphatic hydroxyl groups is 1. The van der Waals surface area contributed by atoms with Crippen molar-refractivity contribution in [2.45, 2.75) is 122 Å². The Bertz CT molecular complexity index is 675. The van der Waals surface area contributed by atoms with Crippen LogP contribution in [0.25, 0.3) is 0 Å². The Balaban J connectivity index is 1.41. The Morgan fingerprint density at radius 1 is 1.03 bits per heavy atom. The number of rotatable bonds is 4. The SMILES string of the molecule is C[C@H]1CCC=C2C[C@H]3OC(=O)[C@@H](CN(C4CCCCC4)C4CCCCC4)[C@H]3[C@H](O)[C@@]21C. The van der Waals surface area contributed by atoms with Crippen LogP contribution >= 0.6 is 0 Å². The minimum atomic E-state index is -0.483. The van der Waals surface area contributed by atoms with E-state index in [1.54, 1.807) is 0 Å². The van der Waals surface area contributed by atoms with Gasteiger partial charge in [-0.25, -0.2) is 0 Å². The highest BCUT2D eigenvalue weighted by Gasteiger charge is 2.60. The van der Waals surface area contributed by atoms with Crippen molar-refractivity contribution in [3.8, 4) is 0 Å². The van der Waals surface area contributed by atoms with Crippen LogP contribution in [0, 0.1) is 23.2 Å². The second-order valence-corrected chi connectivity index (χ2v) is 11.6. The van der Waals surface area contributed by atoms with Gasteiger partial charge in [-0.3, -0.25) is 9.69 Å². The maximum absolute atomic E-state index is 13.2. The van der Waals surface area contributed by atoms with E-state index in [1.807, 2.05) is 0 Å². The van der Waals surface area contributed by atoms with E-state index < -0.39 is 6.10 Å². The molecule has 0 radical (unpaired) electrons. The van der Waals surface area contributed by atoms with Crippen LogP contribution in [0.15, 0.2) is 11.6 Å². The molecule has 5 aliphatic rings. The van der Waals surface area contributed by atoms with Gasteiger partial charge in [0.05, 0.1) is 12.0 Å². The summed E-state index contributed by atoms with van der Waals surface area (Å²) < 4.78 is 5.99. The standard InChI is InChI=1S/C27H43NO3/c1-18-10-9-11-19-16-23-24(25(29)27(18,19)2)22(26(30)31-23)17-28(20-12-5-3-6-13-20)21-14-7-4-8-15-21/h11,18,20-25,29H,3-10,12-17H2,1-2H3/t18-,22-,23+,24+,25-,27+/m0/s1. The lowest BCUT2D eigenvalue weighted by molar-refractivity contribution is -0.145. The summed E-state index contributed by atoms with van der Waals surface area (Å²) in [5.41, 5.74) is 1.14. The number of nitrogens with zero attached hydrogens (tertiary/aromatic N) is 1. The predicted molar refractivity (Wildman–Crippen MR) is 123 cm³/mol. The van der Waals surface area contributed by atoms with Crippen molar-refractivity contribution < 1.29 is 14.6 Å². The molecule has 0 aromatic heterocycles.